The minimum atomic E-state index is -0.239. The summed E-state index contributed by atoms with van der Waals surface area (Å²) in [5.74, 6) is 0.237. The molecule has 1 unspecified atom stereocenters. The van der Waals surface area contributed by atoms with Crippen LogP contribution in [0.4, 0.5) is 0 Å². The predicted octanol–water partition coefficient (Wildman–Crippen LogP) is 3.59. The second-order valence-corrected chi connectivity index (χ2v) is 4.77. The van der Waals surface area contributed by atoms with Gasteiger partial charge in [0, 0.05) is 5.02 Å². The molecule has 3 rings (SSSR count). The maximum absolute atomic E-state index is 12.0. The van der Waals surface area contributed by atoms with Crippen molar-refractivity contribution in [1.82, 2.24) is 0 Å². The molecule has 0 saturated heterocycles. The lowest BCUT2D eigenvalue weighted by Crippen LogP contribution is -2.25. The van der Waals surface area contributed by atoms with Crippen LogP contribution in [0.1, 0.15) is 17.0 Å². The molecule has 1 heterocycles. The Balaban J connectivity index is 1.95. The Morgan fingerprint density at radius 2 is 1.78 bits per heavy atom. The molecule has 2 aromatic carbocycles. The monoisotopic (exact) mass is 258 g/mol. The van der Waals surface area contributed by atoms with Gasteiger partial charge in [-0.15, -0.1) is 0 Å². The van der Waals surface area contributed by atoms with E-state index in [2.05, 4.69) is 0 Å². The van der Waals surface area contributed by atoms with Crippen molar-refractivity contribution in [1.29, 1.82) is 0 Å². The molecule has 2 aromatic rings. The van der Waals surface area contributed by atoms with E-state index >= 15 is 0 Å². The summed E-state index contributed by atoms with van der Waals surface area (Å²) < 4.78 is 5.36. The van der Waals surface area contributed by atoms with Crippen molar-refractivity contribution in [3.63, 3.8) is 0 Å². The molecule has 0 radical (unpaired) electrons. The Morgan fingerprint density at radius 3 is 2.56 bits per heavy atom. The minimum Gasteiger partial charge on any atom is -0.426 e. The summed E-state index contributed by atoms with van der Waals surface area (Å²) in [6.45, 7) is 0. The van der Waals surface area contributed by atoms with Crippen molar-refractivity contribution >= 4 is 17.6 Å². The van der Waals surface area contributed by atoms with E-state index in [0.717, 1.165) is 11.1 Å². The molecule has 2 nitrogen and oxygen atoms in total. The van der Waals surface area contributed by atoms with Gasteiger partial charge in [0.05, 0.1) is 5.92 Å². The van der Waals surface area contributed by atoms with Crippen molar-refractivity contribution in [2.45, 2.75) is 12.3 Å². The van der Waals surface area contributed by atoms with E-state index in [-0.39, 0.29) is 11.9 Å². The zero-order valence-corrected chi connectivity index (χ0v) is 10.4. The third kappa shape index (κ3) is 2.00. The first kappa shape index (κ1) is 11.3. The van der Waals surface area contributed by atoms with Crippen molar-refractivity contribution < 1.29 is 9.53 Å². The zero-order valence-electron chi connectivity index (χ0n) is 9.60. The number of carbonyl (C=O) groups is 1. The van der Waals surface area contributed by atoms with E-state index in [1.165, 1.54) is 0 Å². The lowest BCUT2D eigenvalue weighted by atomic mass is 9.90. The third-order valence-corrected chi connectivity index (χ3v) is 3.42. The van der Waals surface area contributed by atoms with Crippen LogP contribution in [-0.4, -0.2) is 5.97 Å². The van der Waals surface area contributed by atoms with E-state index in [9.17, 15) is 4.79 Å². The molecule has 0 fully saturated rings. The number of carbonyl (C=O) groups excluding carboxylic acids is 1. The highest BCUT2D eigenvalue weighted by atomic mass is 35.5. The van der Waals surface area contributed by atoms with E-state index in [4.69, 9.17) is 16.3 Å². The Bertz CT molecular complexity index is 590. The summed E-state index contributed by atoms with van der Waals surface area (Å²) in [7, 11) is 0. The molecule has 0 saturated carbocycles. The second-order valence-electron chi connectivity index (χ2n) is 4.34. The Hall–Kier alpha value is -1.80. The molecule has 1 aliphatic rings. The van der Waals surface area contributed by atoms with E-state index in [0.29, 0.717) is 17.2 Å². The first-order valence-electron chi connectivity index (χ1n) is 5.79. The number of ether oxygens (including phenoxy) is 1. The topological polar surface area (TPSA) is 26.3 Å². The highest BCUT2D eigenvalue weighted by Gasteiger charge is 2.29. The zero-order chi connectivity index (χ0) is 12.5. The largest absolute Gasteiger partial charge is 0.426 e. The summed E-state index contributed by atoms with van der Waals surface area (Å²) in [6.07, 6.45) is 0.677. The summed E-state index contributed by atoms with van der Waals surface area (Å²) in [5, 5.41) is 0.670. The number of fused-ring (bicyclic) bond motifs is 1. The molecule has 3 heteroatoms. The van der Waals surface area contributed by atoms with E-state index in [1.54, 1.807) is 12.1 Å². The summed E-state index contributed by atoms with van der Waals surface area (Å²) in [6, 6.07) is 15.0. The van der Waals surface area contributed by atoms with Gasteiger partial charge in [0.15, 0.2) is 0 Å². The molecule has 90 valence electrons. The van der Waals surface area contributed by atoms with Gasteiger partial charge >= 0.3 is 5.97 Å². The van der Waals surface area contributed by atoms with Gasteiger partial charge in [-0.2, -0.15) is 0 Å². The maximum atomic E-state index is 12.0. The summed E-state index contributed by atoms with van der Waals surface area (Å²) in [4.78, 5) is 12.0. The SMILES string of the molecule is O=C1Oc2ccccc2CC1c1ccc(Cl)cc1. The quantitative estimate of drug-likeness (QED) is 0.577. The summed E-state index contributed by atoms with van der Waals surface area (Å²) >= 11 is 5.85. The summed E-state index contributed by atoms with van der Waals surface area (Å²) in [5.41, 5.74) is 2.01. The number of esters is 1. The molecule has 0 bridgehead atoms. The fourth-order valence-electron chi connectivity index (χ4n) is 2.20. The van der Waals surface area contributed by atoms with Gasteiger partial charge in [-0.1, -0.05) is 41.9 Å². The molecule has 0 aromatic heterocycles. The molecule has 18 heavy (non-hydrogen) atoms. The van der Waals surface area contributed by atoms with Crippen LogP contribution in [0.2, 0.25) is 5.02 Å². The minimum absolute atomic E-state index is 0.198. The molecule has 0 N–H and O–H groups in total. The first-order chi connectivity index (χ1) is 8.74. The second kappa shape index (κ2) is 4.46. The van der Waals surface area contributed by atoms with Crippen LogP contribution in [0.3, 0.4) is 0 Å². The van der Waals surface area contributed by atoms with E-state index in [1.807, 2.05) is 36.4 Å². The van der Waals surface area contributed by atoms with Gasteiger partial charge in [-0.25, -0.2) is 0 Å². The number of para-hydroxylation sites is 1. The van der Waals surface area contributed by atoms with Crippen LogP contribution in [0.5, 0.6) is 5.75 Å². The molecule has 0 aliphatic carbocycles. The normalized spacial score (nSPS) is 18.1. The molecular weight excluding hydrogens is 248 g/mol. The predicted molar refractivity (Wildman–Crippen MR) is 70.0 cm³/mol. The van der Waals surface area contributed by atoms with Crippen LogP contribution in [-0.2, 0) is 11.2 Å². The smallest absolute Gasteiger partial charge is 0.319 e. The molecule has 0 spiro atoms. The van der Waals surface area contributed by atoms with Crippen LogP contribution < -0.4 is 4.74 Å². The van der Waals surface area contributed by atoms with Crippen LogP contribution in [0.15, 0.2) is 48.5 Å². The van der Waals surface area contributed by atoms with Gasteiger partial charge in [-0.05, 0) is 35.7 Å². The average Bonchev–Trinajstić information content (AvgIpc) is 2.39. The van der Waals surface area contributed by atoms with Crippen molar-refractivity contribution in [3.05, 3.63) is 64.7 Å². The standard InChI is InChI=1S/C15H11ClO2/c16-12-7-5-10(6-8-12)13-9-11-3-1-2-4-14(11)18-15(13)17/h1-8,13H,9H2. The number of halogens is 1. The Labute approximate surface area is 110 Å². The molecular formula is C15H11ClO2. The Kier molecular flexibility index (Phi) is 2.80. The van der Waals surface area contributed by atoms with Crippen molar-refractivity contribution in [3.8, 4) is 5.75 Å². The number of rotatable bonds is 1. The van der Waals surface area contributed by atoms with Crippen LogP contribution in [0.25, 0.3) is 0 Å². The third-order valence-electron chi connectivity index (χ3n) is 3.16. The first-order valence-corrected chi connectivity index (χ1v) is 6.17. The number of hydrogen-bond donors (Lipinski definition) is 0. The van der Waals surface area contributed by atoms with Gasteiger partial charge in [0.2, 0.25) is 0 Å². The Morgan fingerprint density at radius 1 is 1.06 bits per heavy atom. The molecule has 1 atom stereocenters. The highest BCUT2D eigenvalue weighted by molar-refractivity contribution is 6.30. The van der Waals surface area contributed by atoms with Crippen molar-refractivity contribution in [2.24, 2.45) is 0 Å². The lowest BCUT2D eigenvalue weighted by molar-refractivity contribution is -0.137. The highest BCUT2D eigenvalue weighted by Crippen LogP contribution is 2.33. The molecule has 0 amide bonds. The number of hydrogen-bond acceptors (Lipinski definition) is 2. The van der Waals surface area contributed by atoms with Gasteiger partial charge in [-0.3, -0.25) is 4.79 Å². The van der Waals surface area contributed by atoms with Crippen molar-refractivity contribution in [2.75, 3.05) is 0 Å². The fraction of sp³-hybridized carbons (Fsp3) is 0.133. The number of benzene rings is 2. The van der Waals surface area contributed by atoms with E-state index < -0.39 is 0 Å². The average molecular weight is 259 g/mol. The molecule has 1 aliphatic heterocycles. The van der Waals surface area contributed by atoms with Gasteiger partial charge in [0.1, 0.15) is 5.75 Å². The van der Waals surface area contributed by atoms with Crippen LogP contribution >= 0.6 is 11.6 Å². The maximum Gasteiger partial charge on any atom is 0.319 e. The lowest BCUT2D eigenvalue weighted by Gasteiger charge is -2.23. The van der Waals surface area contributed by atoms with Crippen LogP contribution in [0, 0.1) is 0 Å². The fourth-order valence-corrected chi connectivity index (χ4v) is 2.33. The van der Waals surface area contributed by atoms with Gasteiger partial charge in [0.25, 0.3) is 0 Å². The van der Waals surface area contributed by atoms with Gasteiger partial charge < -0.3 is 4.74 Å².